The smallest absolute Gasteiger partial charge is 0.237 e. The average molecular weight is 243 g/mol. The predicted molar refractivity (Wildman–Crippen MR) is 67.7 cm³/mol. The minimum absolute atomic E-state index is 0.264. The molecule has 0 spiro atoms. The number of primary amides is 1. The molecular formula is C12H25N3O2. The van der Waals surface area contributed by atoms with Crippen molar-refractivity contribution in [3.63, 3.8) is 0 Å². The van der Waals surface area contributed by atoms with E-state index in [1.807, 2.05) is 6.92 Å². The van der Waals surface area contributed by atoms with E-state index in [9.17, 15) is 4.79 Å². The van der Waals surface area contributed by atoms with Crippen molar-refractivity contribution < 1.29 is 9.53 Å². The van der Waals surface area contributed by atoms with E-state index in [4.69, 9.17) is 10.5 Å². The number of hydrogen-bond acceptors (Lipinski definition) is 4. The number of hydrogen-bond donors (Lipinski definition) is 2. The Labute approximate surface area is 104 Å². The van der Waals surface area contributed by atoms with Gasteiger partial charge in [0, 0.05) is 19.1 Å². The highest BCUT2D eigenvalue weighted by atomic mass is 16.5. The van der Waals surface area contributed by atoms with E-state index in [2.05, 4.69) is 24.1 Å². The summed E-state index contributed by atoms with van der Waals surface area (Å²) in [6.45, 7) is 8.60. The largest absolute Gasteiger partial charge is 0.376 e. The second-order valence-corrected chi connectivity index (χ2v) is 5.18. The third-order valence-corrected chi connectivity index (χ3v) is 3.73. The number of morpholine rings is 1. The number of carbonyl (C=O) groups excluding carboxylic acids is 1. The number of nitrogens with two attached hydrogens (primary N) is 1. The molecule has 5 nitrogen and oxygen atoms in total. The van der Waals surface area contributed by atoms with Gasteiger partial charge in [0.2, 0.25) is 5.91 Å². The molecule has 0 aromatic carbocycles. The topological polar surface area (TPSA) is 67.6 Å². The molecule has 0 aliphatic carbocycles. The average Bonchev–Trinajstić information content (AvgIpc) is 2.29. The number of carbonyl (C=O) groups is 1. The molecule has 100 valence electrons. The second-order valence-electron chi connectivity index (χ2n) is 5.18. The Hall–Kier alpha value is -0.650. The van der Waals surface area contributed by atoms with Gasteiger partial charge in [-0.25, -0.2) is 0 Å². The SMILES string of the molecule is CNC(C)(CCN1CC(C)OCC1C)C(N)=O. The van der Waals surface area contributed by atoms with Gasteiger partial charge < -0.3 is 15.8 Å². The number of likely N-dealkylation sites (N-methyl/N-ethyl adjacent to an activating group) is 1. The molecule has 3 unspecified atom stereocenters. The first-order valence-corrected chi connectivity index (χ1v) is 6.23. The maximum Gasteiger partial charge on any atom is 0.237 e. The fourth-order valence-corrected chi connectivity index (χ4v) is 2.02. The fourth-order valence-electron chi connectivity index (χ4n) is 2.02. The normalized spacial score (nSPS) is 29.9. The molecule has 1 amide bonds. The van der Waals surface area contributed by atoms with Crippen molar-refractivity contribution in [1.82, 2.24) is 10.2 Å². The Morgan fingerprint density at radius 2 is 2.24 bits per heavy atom. The van der Waals surface area contributed by atoms with Crippen LogP contribution < -0.4 is 11.1 Å². The quantitative estimate of drug-likeness (QED) is 0.710. The molecule has 1 rings (SSSR count). The molecule has 0 saturated carbocycles. The second kappa shape index (κ2) is 5.80. The van der Waals surface area contributed by atoms with E-state index in [1.165, 1.54) is 0 Å². The highest BCUT2D eigenvalue weighted by Crippen LogP contribution is 2.15. The first-order valence-electron chi connectivity index (χ1n) is 6.23. The molecule has 0 bridgehead atoms. The van der Waals surface area contributed by atoms with Gasteiger partial charge in [0.25, 0.3) is 0 Å². The van der Waals surface area contributed by atoms with Crippen LogP contribution in [0.1, 0.15) is 27.2 Å². The highest BCUT2D eigenvalue weighted by Gasteiger charge is 2.31. The van der Waals surface area contributed by atoms with Crippen LogP contribution in [0.4, 0.5) is 0 Å². The first-order chi connectivity index (χ1) is 7.89. The summed E-state index contributed by atoms with van der Waals surface area (Å²) in [5.41, 5.74) is 4.79. The van der Waals surface area contributed by atoms with E-state index >= 15 is 0 Å². The van der Waals surface area contributed by atoms with Gasteiger partial charge in [-0.05, 0) is 34.2 Å². The van der Waals surface area contributed by atoms with Gasteiger partial charge in [0.05, 0.1) is 18.2 Å². The van der Waals surface area contributed by atoms with Crippen molar-refractivity contribution in [3.8, 4) is 0 Å². The monoisotopic (exact) mass is 243 g/mol. The van der Waals surface area contributed by atoms with Gasteiger partial charge in [-0.2, -0.15) is 0 Å². The summed E-state index contributed by atoms with van der Waals surface area (Å²) in [4.78, 5) is 13.7. The molecule has 1 saturated heterocycles. The van der Waals surface area contributed by atoms with Gasteiger partial charge in [0.15, 0.2) is 0 Å². The van der Waals surface area contributed by atoms with Crippen molar-refractivity contribution in [1.29, 1.82) is 0 Å². The van der Waals surface area contributed by atoms with Crippen molar-refractivity contribution in [2.24, 2.45) is 5.73 Å². The number of nitrogens with one attached hydrogen (secondary N) is 1. The van der Waals surface area contributed by atoms with E-state index < -0.39 is 5.54 Å². The molecule has 5 heteroatoms. The Morgan fingerprint density at radius 3 is 2.76 bits per heavy atom. The van der Waals surface area contributed by atoms with Gasteiger partial charge in [-0.15, -0.1) is 0 Å². The number of nitrogens with zero attached hydrogens (tertiary/aromatic N) is 1. The van der Waals surface area contributed by atoms with Crippen LogP contribution in [0.25, 0.3) is 0 Å². The van der Waals surface area contributed by atoms with Crippen molar-refractivity contribution >= 4 is 5.91 Å². The molecular weight excluding hydrogens is 218 g/mol. The molecule has 0 aromatic rings. The molecule has 17 heavy (non-hydrogen) atoms. The van der Waals surface area contributed by atoms with Crippen LogP contribution in [0.3, 0.4) is 0 Å². The Bertz CT molecular complexity index is 272. The van der Waals surface area contributed by atoms with Gasteiger partial charge in [-0.1, -0.05) is 0 Å². The van der Waals surface area contributed by atoms with Crippen LogP contribution in [0.15, 0.2) is 0 Å². The van der Waals surface area contributed by atoms with Crippen LogP contribution in [0.2, 0.25) is 0 Å². The fraction of sp³-hybridized carbons (Fsp3) is 0.917. The van der Waals surface area contributed by atoms with Gasteiger partial charge in [-0.3, -0.25) is 9.69 Å². The zero-order valence-electron chi connectivity index (χ0n) is 11.3. The molecule has 0 aromatic heterocycles. The minimum atomic E-state index is -0.624. The summed E-state index contributed by atoms with van der Waals surface area (Å²) in [6, 6.07) is 0.403. The molecule has 3 atom stereocenters. The summed E-state index contributed by atoms with van der Waals surface area (Å²) < 4.78 is 5.58. The maximum atomic E-state index is 11.4. The maximum absolute atomic E-state index is 11.4. The first kappa shape index (κ1) is 14.4. The minimum Gasteiger partial charge on any atom is -0.376 e. The zero-order chi connectivity index (χ0) is 13.1. The van der Waals surface area contributed by atoms with Crippen LogP contribution in [0, 0.1) is 0 Å². The molecule has 3 N–H and O–H groups in total. The molecule has 1 heterocycles. The van der Waals surface area contributed by atoms with E-state index in [0.29, 0.717) is 6.04 Å². The Balaban J connectivity index is 2.51. The summed E-state index contributed by atoms with van der Waals surface area (Å²) in [5, 5.41) is 3.01. The molecule has 1 fully saturated rings. The third-order valence-electron chi connectivity index (χ3n) is 3.73. The standard InChI is InChI=1S/C12H25N3O2/c1-9-8-17-10(2)7-15(9)6-5-12(3,14-4)11(13)16/h9-10,14H,5-8H2,1-4H3,(H2,13,16). The highest BCUT2D eigenvalue weighted by molar-refractivity contribution is 5.84. The van der Waals surface area contributed by atoms with E-state index in [1.54, 1.807) is 7.05 Å². The predicted octanol–water partition coefficient (Wildman–Crippen LogP) is -0.0509. The summed E-state index contributed by atoms with van der Waals surface area (Å²) in [6.07, 6.45) is 0.983. The summed E-state index contributed by atoms with van der Waals surface area (Å²) in [5.74, 6) is -0.297. The summed E-state index contributed by atoms with van der Waals surface area (Å²) in [7, 11) is 1.77. The molecule has 0 radical (unpaired) electrons. The Morgan fingerprint density at radius 1 is 1.59 bits per heavy atom. The van der Waals surface area contributed by atoms with Crippen LogP contribution >= 0.6 is 0 Å². The van der Waals surface area contributed by atoms with Crippen molar-refractivity contribution in [3.05, 3.63) is 0 Å². The van der Waals surface area contributed by atoms with Crippen LogP contribution in [-0.2, 0) is 9.53 Å². The van der Waals surface area contributed by atoms with Crippen molar-refractivity contribution in [2.45, 2.75) is 44.9 Å². The lowest BCUT2D eigenvalue weighted by Gasteiger charge is -2.38. The van der Waals surface area contributed by atoms with Crippen LogP contribution in [-0.4, -0.2) is 55.2 Å². The lowest BCUT2D eigenvalue weighted by atomic mass is 9.96. The van der Waals surface area contributed by atoms with Crippen LogP contribution in [0.5, 0.6) is 0 Å². The van der Waals surface area contributed by atoms with Gasteiger partial charge in [0.1, 0.15) is 0 Å². The lowest BCUT2D eigenvalue weighted by molar-refractivity contribution is -0.124. The summed E-state index contributed by atoms with van der Waals surface area (Å²) >= 11 is 0. The third kappa shape index (κ3) is 3.66. The molecule has 1 aliphatic rings. The molecule has 1 aliphatic heterocycles. The van der Waals surface area contributed by atoms with Gasteiger partial charge >= 0.3 is 0 Å². The van der Waals surface area contributed by atoms with Crippen molar-refractivity contribution in [2.75, 3.05) is 26.7 Å². The zero-order valence-corrected chi connectivity index (χ0v) is 11.3. The van der Waals surface area contributed by atoms with E-state index in [-0.39, 0.29) is 12.0 Å². The number of rotatable bonds is 5. The van der Waals surface area contributed by atoms with E-state index in [0.717, 1.165) is 26.1 Å². The lowest BCUT2D eigenvalue weighted by Crippen LogP contribution is -2.55. The Kier molecular flexibility index (Phi) is 4.91. The number of amides is 1. The number of ether oxygens (including phenoxy) is 1.